The summed E-state index contributed by atoms with van der Waals surface area (Å²) in [6, 6.07) is 10.5. The van der Waals surface area contributed by atoms with E-state index < -0.39 is 10.0 Å². The summed E-state index contributed by atoms with van der Waals surface area (Å²) in [5.41, 5.74) is 1.48. The molecule has 7 heteroatoms. The predicted molar refractivity (Wildman–Crippen MR) is 84.0 cm³/mol. The number of hydrogen-bond acceptors (Lipinski definition) is 3. The van der Waals surface area contributed by atoms with E-state index in [0.717, 1.165) is 10.0 Å². The van der Waals surface area contributed by atoms with Crippen LogP contribution in [0.25, 0.3) is 0 Å². The number of sulfonamides is 1. The Morgan fingerprint density at radius 1 is 1.19 bits per heavy atom. The molecule has 0 fully saturated rings. The first-order valence-corrected chi connectivity index (χ1v) is 8.45. The molecule has 1 unspecified atom stereocenters. The van der Waals surface area contributed by atoms with Crippen LogP contribution in [0.1, 0.15) is 18.5 Å². The summed E-state index contributed by atoms with van der Waals surface area (Å²) in [7, 11) is -3.69. The van der Waals surface area contributed by atoms with E-state index in [4.69, 9.17) is 5.14 Å². The van der Waals surface area contributed by atoms with Gasteiger partial charge in [0.05, 0.1) is 10.6 Å². The molecule has 4 nitrogen and oxygen atoms in total. The molecule has 0 aliphatic rings. The summed E-state index contributed by atoms with van der Waals surface area (Å²) in [5, 5.41) is 8.21. The van der Waals surface area contributed by atoms with Gasteiger partial charge in [-0.3, -0.25) is 0 Å². The van der Waals surface area contributed by atoms with Crippen LogP contribution in [0.5, 0.6) is 0 Å². The highest BCUT2D eigenvalue weighted by Crippen LogP contribution is 2.27. The van der Waals surface area contributed by atoms with Crippen LogP contribution in [0.2, 0.25) is 0 Å². The van der Waals surface area contributed by atoms with Crippen LogP contribution in [0.15, 0.2) is 51.8 Å². The quantitative estimate of drug-likeness (QED) is 0.863. The highest BCUT2D eigenvalue weighted by atomic mass is 79.9. The van der Waals surface area contributed by atoms with Crippen molar-refractivity contribution in [2.75, 3.05) is 5.32 Å². The molecule has 0 aromatic heterocycles. The Labute approximate surface area is 131 Å². The summed E-state index contributed by atoms with van der Waals surface area (Å²) >= 11 is 3.34. The third-order valence-electron chi connectivity index (χ3n) is 3.01. The second-order valence-electron chi connectivity index (χ2n) is 4.60. The minimum absolute atomic E-state index is 0.0605. The number of nitrogens with one attached hydrogen (secondary N) is 1. The molecule has 2 aromatic carbocycles. The molecule has 0 aliphatic heterocycles. The fraction of sp³-hybridized carbons (Fsp3) is 0.143. The van der Waals surface area contributed by atoms with Gasteiger partial charge in [0.25, 0.3) is 0 Å². The van der Waals surface area contributed by atoms with E-state index in [-0.39, 0.29) is 16.8 Å². The Hall–Kier alpha value is -1.44. The summed E-state index contributed by atoms with van der Waals surface area (Å²) in [5.74, 6) is -0.336. The van der Waals surface area contributed by atoms with Gasteiger partial charge in [-0.15, -0.1) is 0 Å². The lowest BCUT2D eigenvalue weighted by Crippen LogP contribution is -2.12. The molecule has 0 spiro atoms. The van der Waals surface area contributed by atoms with E-state index in [1.165, 1.54) is 24.3 Å². The van der Waals surface area contributed by atoms with Gasteiger partial charge in [0.15, 0.2) is 0 Å². The third-order valence-corrected chi connectivity index (χ3v) is 4.63. The molecule has 0 saturated heterocycles. The number of rotatable bonds is 4. The lowest BCUT2D eigenvalue weighted by Gasteiger charge is -2.17. The van der Waals surface area contributed by atoms with Crippen LogP contribution < -0.4 is 10.5 Å². The Balaban J connectivity index is 2.20. The fourth-order valence-corrected chi connectivity index (χ4v) is 2.75. The van der Waals surface area contributed by atoms with E-state index in [2.05, 4.69) is 21.2 Å². The summed E-state index contributed by atoms with van der Waals surface area (Å²) in [4.78, 5) is 0.0605. The average Bonchev–Trinajstić information content (AvgIpc) is 2.42. The Morgan fingerprint density at radius 2 is 1.81 bits per heavy atom. The molecule has 0 amide bonds. The van der Waals surface area contributed by atoms with Gasteiger partial charge in [-0.2, -0.15) is 0 Å². The maximum absolute atomic E-state index is 13.2. The number of hydrogen-bond donors (Lipinski definition) is 2. The van der Waals surface area contributed by atoms with Gasteiger partial charge < -0.3 is 5.32 Å². The molecule has 3 N–H and O–H groups in total. The SMILES string of the molecule is CC(Nc1cc(F)ccc1Br)c1ccc(S(N)(=O)=O)cc1. The predicted octanol–water partition coefficient (Wildman–Crippen LogP) is 3.41. The van der Waals surface area contributed by atoms with Crippen LogP contribution in [0.3, 0.4) is 0 Å². The van der Waals surface area contributed by atoms with E-state index in [9.17, 15) is 12.8 Å². The number of halogens is 2. The van der Waals surface area contributed by atoms with Crippen LogP contribution >= 0.6 is 15.9 Å². The molecular weight excluding hydrogens is 359 g/mol. The molecule has 112 valence electrons. The molecule has 0 heterocycles. The average molecular weight is 373 g/mol. The van der Waals surface area contributed by atoms with E-state index in [0.29, 0.717) is 5.69 Å². The monoisotopic (exact) mass is 372 g/mol. The van der Waals surface area contributed by atoms with Gasteiger partial charge >= 0.3 is 0 Å². The largest absolute Gasteiger partial charge is 0.378 e. The lowest BCUT2D eigenvalue weighted by molar-refractivity contribution is 0.597. The summed E-state index contributed by atoms with van der Waals surface area (Å²) < 4.78 is 36.4. The summed E-state index contributed by atoms with van der Waals surface area (Å²) in [6.45, 7) is 1.89. The maximum atomic E-state index is 13.2. The first kappa shape index (κ1) is 15.9. The first-order valence-electron chi connectivity index (χ1n) is 6.12. The van der Waals surface area contributed by atoms with Gasteiger partial charge in [0.1, 0.15) is 5.82 Å². The normalized spacial score (nSPS) is 13.0. The smallest absolute Gasteiger partial charge is 0.238 e. The molecule has 0 saturated carbocycles. The van der Waals surface area contributed by atoms with Gasteiger partial charge in [0.2, 0.25) is 10.0 Å². The minimum atomic E-state index is -3.69. The van der Waals surface area contributed by atoms with Crippen molar-refractivity contribution in [1.29, 1.82) is 0 Å². The summed E-state index contributed by atoms with van der Waals surface area (Å²) in [6.07, 6.45) is 0. The zero-order valence-electron chi connectivity index (χ0n) is 11.2. The Kier molecular flexibility index (Phi) is 4.65. The molecule has 0 radical (unpaired) electrons. The zero-order valence-corrected chi connectivity index (χ0v) is 13.6. The molecule has 2 aromatic rings. The Morgan fingerprint density at radius 3 is 2.38 bits per heavy atom. The van der Waals surface area contributed by atoms with E-state index in [1.807, 2.05) is 6.92 Å². The molecule has 0 aliphatic carbocycles. The first-order chi connectivity index (χ1) is 9.77. The Bertz CT molecular complexity index is 748. The maximum Gasteiger partial charge on any atom is 0.238 e. The molecule has 1 atom stereocenters. The van der Waals surface area contributed by atoms with Gasteiger partial charge in [-0.05, 0) is 58.7 Å². The van der Waals surface area contributed by atoms with Crippen molar-refractivity contribution in [3.8, 4) is 0 Å². The number of nitrogens with two attached hydrogens (primary N) is 1. The van der Waals surface area contributed by atoms with Crippen molar-refractivity contribution in [2.45, 2.75) is 17.9 Å². The molecular formula is C14H14BrFN2O2S. The number of anilines is 1. The van der Waals surface area contributed by atoms with Crippen LogP contribution in [0.4, 0.5) is 10.1 Å². The number of benzene rings is 2. The van der Waals surface area contributed by atoms with Crippen LogP contribution in [-0.2, 0) is 10.0 Å². The van der Waals surface area contributed by atoms with Crippen molar-refractivity contribution in [3.63, 3.8) is 0 Å². The van der Waals surface area contributed by atoms with Gasteiger partial charge in [0, 0.05) is 10.5 Å². The topological polar surface area (TPSA) is 72.2 Å². The van der Waals surface area contributed by atoms with E-state index in [1.54, 1.807) is 18.2 Å². The van der Waals surface area contributed by atoms with Crippen LogP contribution in [-0.4, -0.2) is 8.42 Å². The zero-order chi connectivity index (χ0) is 15.6. The second kappa shape index (κ2) is 6.13. The molecule has 2 rings (SSSR count). The van der Waals surface area contributed by atoms with Crippen molar-refractivity contribution in [3.05, 3.63) is 58.3 Å². The highest BCUT2D eigenvalue weighted by Gasteiger charge is 2.11. The standard InChI is InChI=1S/C14H14BrFN2O2S/c1-9(18-14-8-11(16)4-7-13(14)15)10-2-5-12(6-3-10)21(17,19)20/h2-9,18H,1H3,(H2,17,19,20). The minimum Gasteiger partial charge on any atom is -0.378 e. The van der Waals surface area contributed by atoms with Gasteiger partial charge in [-0.25, -0.2) is 17.9 Å². The fourth-order valence-electron chi connectivity index (χ4n) is 1.87. The lowest BCUT2D eigenvalue weighted by atomic mass is 10.1. The third kappa shape index (κ3) is 4.03. The highest BCUT2D eigenvalue weighted by molar-refractivity contribution is 9.10. The van der Waals surface area contributed by atoms with Crippen molar-refractivity contribution in [2.24, 2.45) is 5.14 Å². The molecule has 21 heavy (non-hydrogen) atoms. The van der Waals surface area contributed by atoms with Crippen molar-refractivity contribution >= 4 is 31.6 Å². The van der Waals surface area contributed by atoms with Gasteiger partial charge in [-0.1, -0.05) is 12.1 Å². The second-order valence-corrected chi connectivity index (χ2v) is 7.02. The van der Waals surface area contributed by atoms with E-state index >= 15 is 0 Å². The van der Waals surface area contributed by atoms with Crippen molar-refractivity contribution < 1.29 is 12.8 Å². The number of primary sulfonamides is 1. The van der Waals surface area contributed by atoms with Crippen LogP contribution in [0, 0.1) is 5.82 Å². The van der Waals surface area contributed by atoms with Crippen molar-refractivity contribution in [1.82, 2.24) is 0 Å². The molecule has 0 bridgehead atoms.